The molecule has 0 aliphatic rings. The fourth-order valence-electron chi connectivity index (χ4n) is 2.08. The molecule has 2 aromatic carbocycles. The first-order valence-corrected chi connectivity index (χ1v) is 7.65. The van der Waals surface area contributed by atoms with Crippen molar-refractivity contribution in [2.24, 2.45) is 0 Å². The summed E-state index contributed by atoms with van der Waals surface area (Å²) in [6.45, 7) is 0. The minimum absolute atomic E-state index is 0.0562. The maximum atomic E-state index is 12.2. The molecular weight excluding hydrogens is 290 g/mol. The molecule has 3 rings (SSSR count). The van der Waals surface area contributed by atoms with E-state index in [-0.39, 0.29) is 4.90 Å². The van der Waals surface area contributed by atoms with Crippen LogP contribution in [0.25, 0.3) is 16.7 Å². The van der Waals surface area contributed by atoms with Crippen molar-refractivity contribution in [3.8, 4) is 5.69 Å². The van der Waals surface area contributed by atoms with E-state index < -0.39 is 10.0 Å². The zero-order chi connectivity index (χ0) is 15.0. The maximum absolute atomic E-state index is 12.2. The minimum atomic E-state index is -3.66. The Morgan fingerprint density at radius 2 is 1.95 bits per heavy atom. The van der Waals surface area contributed by atoms with E-state index in [1.807, 2.05) is 24.3 Å². The predicted octanol–water partition coefficient (Wildman–Crippen LogP) is 0.911. The first-order valence-electron chi connectivity index (χ1n) is 6.17. The van der Waals surface area contributed by atoms with Crippen molar-refractivity contribution in [1.82, 2.24) is 19.7 Å². The number of para-hydroxylation sites is 1. The fourth-order valence-corrected chi connectivity index (χ4v) is 3.02. The number of hydrogen-bond acceptors (Lipinski definition) is 5. The van der Waals surface area contributed by atoms with Gasteiger partial charge in [-0.25, -0.2) is 17.8 Å². The molecule has 7 nitrogen and oxygen atoms in total. The Balaban J connectivity index is 2.33. The zero-order valence-corrected chi connectivity index (χ0v) is 12.0. The molecule has 0 spiro atoms. The van der Waals surface area contributed by atoms with Gasteiger partial charge >= 0.3 is 0 Å². The molecule has 1 heterocycles. The van der Waals surface area contributed by atoms with Gasteiger partial charge in [0.25, 0.3) is 0 Å². The summed E-state index contributed by atoms with van der Waals surface area (Å²) in [6, 6.07) is 11.9. The second kappa shape index (κ2) is 4.83. The van der Waals surface area contributed by atoms with Gasteiger partial charge in [0.1, 0.15) is 10.4 Å². The van der Waals surface area contributed by atoms with Gasteiger partial charge in [-0.15, -0.1) is 5.10 Å². The van der Waals surface area contributed by atoms with E-state index in [9.17, 15) is 8.42 Å². The lowest BCUT2D eigenvalue weighted by atomic mass is 10.2. The second-order valence-electron chi connectivity index (χ2n) is 4.42. The van der Waals surface area contributed by atoms with Gasteiger partial charge in [-0.3, -0.25) is 0 Å². The van der Waals surface area contributed by atoms with Crippen molar-refractivity contribution >= 4 is 26.7 Å². The molecule has 0 aliphatic carbocycles. The second-order valence-corrected chi connectivity index (χ2v) is 6.28. The number of nitrogen functional groups attached to an aromatic ring is 1. The van der Waals surface area contributed by atoms with E-state index in [1.165, 1.54) is 17.8 Å². The highest BCUT2D eigenvalue weighted by Crippen LogP contribution is 2.24. The van der Waals surface area contributed by atoms with Crippen molar-refractivity contribution < 1.29 is 8.42 Å². The number of sulfonamides is 1. The third-order valence-electron chi connectivity index (χ3n) is 3.12. The number of hydrogen-bond donors (Lipinski definition) is 2. The van der Waals surface area contributed by atoms with Crippen molar-refractivity contribution in [2.75, 3.05) is 12.8 Å². The van der Waals surface area contributed by atoms with Crippen LogP contribution in [0.1, 0.15) is 0 Å². The highest BCUT2D eigenvalue weighted by Gasteiger charge is 2.20. The van der Waals surface area contributed by atoms with Crippen LogP contribution in [-0.2, 0) is 10.0 Å². The quantitative estimate of drug-likeness (QED) is 0.700. The molecule has 0 aliphatic heterocycles. The van der Waals surface area contributed by atoms with Crippen LogP contribution in [-0.4, -0.2) is 30.5 Å². The third-order valence-corrected chi connectivity index (χ3v) is 4.57. The summed E-state index contributed by atoms with van der Waals surface area (Å²) in [5.41, 5.74) is 7.86. The summed E-state index contributed by atoms with van der Waals surface area (Å²) >= 11 is 0. The number of nitrogens with two attached hydrogens (primary N) is 1. The fraction of sp³-hybridized carbons (Fsp3) is 0.0769. The molecule has 3 N–H and O–H groups in total. The molecule has 3 aromatic rings. The van der Waals surface area contributed by atoms with Crippen LogP contribution in [0.2, 0.25) is 0 Å². The van der Waals surface area contributed by atoms with Crippen LogP contribution in [0.15, 0.2) is 47.4 Å². The Labute approximate surface area is 121 Å². The minimum Gasteiger partial charge on any atom is -0.399 e. The molecule has 0 radical (unpaired) electrons. The van der Waals surface area contributed by atoms with Crippen molar-refractivity contribution in [3.05, 3.63) is 42.5 Å². The number of aromatic nitrogens is 3. The number of nitrogens with one attached hydrogen (secondary N) is 1. The smallest absolute Gasteiger partial charge is 0.242 e. The standard InChI is InChI=1S/C13H13N5O2S/c1-15-21(19,20)13-8-9(14)6-7-12(13)18-11-5-3-2-4-10(11)16-17-18/h2-8,15H,14H2,1H3. The molecule has 0 bridgehead atoms. The third kappa shape index (κ3) is 2.24. The first kappa shape index (κ1) is 13.5. The van der Waals surface area contributed by atoms with Gasteiger partial charge in [-0.1, -0.05) is 17.3 Å². The zero-order valence-electron chi connectivity index (χ0n) is 11.2. The maximum Gasteiger partial charge on any atom is 0.242 e. The molecule has 8 heteroatoms. The largest absolute Gasteiger partial charge is 0.399 e. The molecule has 21 heavy (non-hydrogen) atoms. The van der Waals surface area contributed by atoms with E-state index >= 15 is 0 Å². The lowest BCUT2D eigenvalue weighted by molar-refractivity contribution is 0.587. The summed E-state index contributed by atoms with van der Waals surface area (Å²) in [7, 11) is -2.32. The normalized spacial score (nSPS) is 11.9. The van der Waals surface area contributed by atoms with Crippen LogP contribution in [0, 0.1) is 0 Å². The molecule has 0 fully saturated rings. The van der Waals surface area contributed by atoms with E-state index in [0.29, 0.717) is 16.9 Å². The topological polar surface area (TPSA) is 103 Å². The SMILES string of the molecule is CNS(=O)(=O)c1cc(N)ccc1-n1nnc2ccccc21. The highest BCUT2D eigenvalue weighted by atomic mass is 32.2. The lowest BCUT2D eigenvalue weighted by Crippen LogP contribution is -2.21. The molecule has 0 saturated heterocycles. The summed E-state index contributed by atoms with van der Waals surface area (Å²) in [4.78, 5) is 0.0562. The lowest BCUT2D eigenvalue weighted by Gasteiger charge is -2.10. The summed E-state index contributed by atoms with van der Waals surface area (Å²) in [5.74, 6) is 0. The first-order chi connectivity index (χ1) is 10.0. The van der Waals surface area contributed by atoms with E-state index in [0.717, 1.165) is 5.52 Å². The average molecular weight is 303 g/mol. The van der Waals surface area contributed by atoms with E-state index in [2.05, 4.69) is 15.0 Å². The summed E-state index contributed by atoms with van der Waals surface area (Å²) < 4.78 is 28.1. The molecule has 0 unspecified atom stereocenters. The van der Waals surface area contributed by atoms with Gasteiger partial charge < -0.3 is 5.73 Å². The average Bonchev–Trinajstić information content (AvgIpc) is 2.91. The van der Waals surface area contributed by atoms with Gasteiger partial charge in [0.15, 0.2) is 0 Å². The van der Waals surface area contributed by atoms with Gasteiger partial charge in [0.2, 0.25) is 10.0 Å². The van der Waals surface area contributed by atoms with Crippen molar-refractivity contribution in [2.45, 2.75) is 4.90 Å². The number of nitrogens with zero attached hydrogens (tertiary/aromatic N) is 3. The van der Waals surface area contributed by atoms with Gasteiger partial charge in [0, 0.05) is 5.69 Å². The number of benzene rings is 2. The summed E-state index contributed by atoms with van der Waals surface area (Å²) in [6.07, 6.45) is 0. The Hall–Kier alpha value is -2.45. The van der Waals surface area contributed by atoms with E-state index in [4.69, 9.17) is 5.73 Å². The number of fused-ring (bicyclic) bond motifs is 1. The summed E-state index contributed by atoms with van der Waals surface area (Å²) in [5, 5.41) is 8.07. The van der Waals surface area contributed by atoms with Crippen molar-refractivity contribution in [3.63, 3.8) is 0 Å². The van der Waals surface area contributed by atoms with Crippen LogP contribution >= 0.6 is 0 Å². The molecular formula is C13H13N5O2S. The Morgan fingerprint density at radius 1 is 1.19 bits per heavy atom. The van der Waals surface area contributed by atoms with Gasteiger partial charge in [0.05, 0.1) is 11.2 Å². The Morgan fingerprint density at radius 3 is 2.71 bits per heavy atom. The number of rotatable bonds is 3. The molecule has 0 amide bonds. The van der Waals surface area contributed by atoms with Crippen LogP contribution in [0.3, 0.4) is 0 Å². The number of anilines is 1. The Kier molecular flexibility index (Phi) is 3.11. The van der Waals surface area contributed by atoms with Crippen molar-refractivity contribution in [1.29, 1.82) is 0 Å². The predicted molar refractivity (Wildman–Crippen MR) is 79.5 cm³/mol. The highest BCUT2D eigenvalue weighted by molar-refractivity contribution is 7.89. The molecule has 0 saturated carbocycles. The Bertz CT molecular complexity index is 917. The molecule has 1 aromatic heterocycles. The molecule has 0 atom stereocenters. The van der Waals surface area contributed by atoms with Gasteiger partial charge in [-0.2, -0.15) is 0 Å². The van der Waals surface area contributed by atoms with Crippen LogP contribution < -0.4 is 10.5 Å². The van der Waals surface area contributed by atoms with E-state index in [1.54, 1.807) is 12.1 Å². The monoisotopic (exact) mass is 303 g/mol. The van der Waals surface area contributed by atoms with Crippen LogP contribution in [0.5, 0.6) is 0 Å². The van der Waals surface area contributed by atoms with Crippen LogP contribution in [0.4, 0.5) is 5.69 Å². The molecule has 108 valence electrons. The van der Waals surface area contributed by atoms with Gasteiger partial charge in [-0.05, 0) is 37.4 Å².